The number of nitrogens with zero attached hydrogens (tertiary/aromatic N) is 1. The highest BCUT2D eigenvalue weighted by atomic mass is 35.5. The Morgan fingerprint density at radius 3 is 2.41 bits per heavy atom. The fourth-order valence-electron chi connectivity index (χ4n) is 4.80. The minimum atomic E-state index is -1.14. The third-order valence-corrected chi connectivity index (χ3v) is 7.00. The van der Waals surface area contributed by atoms with Gasteiger partial charge in [0.05, 0.1) is 23.2 Å². The van der Waals surface area contributed by atoms with Crippen molar-refractivity contribution in [2.24, 2.45) is 5.41 Å². The lowest BCUT2D eigenvalue weighted by Gasteiger charge is -2.51. The standard InChI is InChI=1S/C21H29ClN2O4.ClH/c1-19(27)12-21(28-11-17(19)25)6-8-24(9-7-21)18(26)20(13-23-14-20)10-15-2-4-16(22)5-3-15;/h2-5,17,23,25,27H,6-14H2,1H3;1H/t17-,19-;/m0./s1. The number of benzene rings is 1. The molecule has 3 saturated heterocycles. The summed E-state index contributed by atoms with van der Waals surface area (Å²) in [7, 11) is 0. The van der Waals surface area contributed by atoms with Gasteiger partial charge in [-0.05, 0) is 43.9 Å². The van der Waals surface area contributed by atoms with Crippen molar-refractivity contribution in [2.45, 2.75) is 49.9 Å². The van der Waals surface area contributed by atoms with E-state index in [1.54, 1.807) is 6.92 Å². The molecule has 162 valence electrons. The van der Waals surface area contributed by atoms with Crippen LogP contribution in [0.25, 0.3) is 0 Å². The summed E-state index contributed by atoms with van der Waals surface area (Å²) in [4.78, 5) is 15.3. The summed E-state index contributed by atoms with van der Waals surface area (Å²) in [5, 5.41) is 24.4. The molecule has 0 bridgehead atoms. The molecule has 1 aromatic carbocycles. The molecule has 0 radical (unpaired) electrons. The van der Waals surface area contributed by atoms with Crippen LogP contribution in [0.4, 0.5) is 0 Å². The SMILES string of the molecule is C[C@]1(O)CC2(CCN(C(=O)C3(Cc4ccc(Cl)cc4)CNC3)CC2)OC[C@@H]1O.Cl. The Morgan fingerprint density at radius 2 is 1.90 bits per heavy atom. The second-order valence-corrected chi connectivity index (χ2v) is 9.46. The van der Waals surface area contributed by atoms with Gasteiger partial charge in [0.1, 0.15) is 6.10 Å². The lowest BCUT2D eigenvalue weighted by molar-refractivity contribution is -0.223. The van der Waals surface area contributed by atoms with Gasteiger partial charge in [0.2, 0.25) is 5.91 Å². The maximum absolute atomic E-state index is 13.4. The van der Waals surface area contributed by atoms with E-state index in [0.717, 1.165) is 5.56 Å². The Bertz CT molecular complexity index is 729. The van der Waals surface area contributed by atoms with Crippen molar-refractivity contribution in [2.75, 3.05) is 32.8 Å². The summed E-state index contributed by atoms with van der Waals surface area (Å²) in [5.41, 5.74) is -0.861. The quantitative estimate of drug-likeness (QED) is 0.661. The molecule has 3 aliphatic rings. The fraction of sp³-hybridized carbons (Fsp3) is 0.667. The number of hydrogen-bond donors (Lipinski definition) is 3. The summed E-state index contributed by atoms with van der Waals surface area (Å²) in [5.74, 6) is 0.193. The zero-order chi connectivity index (χ0) is 20.0. The number of halogens is 2. The van der Waals surface area contributed by atoms with Gasteiger partial charge in [0.25, 0.3) is 0 Å². The lowest BCUT2D eigenvalue weighted by atomic mass is 9.73. The molecule has 1 spiro atoms. The van der Waals surface area contributed by atoms with Crippen molar-refractivity contribution >= 4 is 29.9 Å². The summed E-state index contributed by atoms with van der Waals surface area (Å²) in [6.07, 6.45) is 1.62. The van der Waals surface area contributed by atoms with E-state index in [4.69, 9.17) is 16.3 Å². The van der Waals surface area contributed by atoms with Gasteiger partial charge in [-0.2, -0.15) is 0 Å². The van der Waals surface area contributed by atoms with Gasteiger partial charge in [0.15, 0.2) is 0 Å². The Labute approximate surface area is 183 Å². The van der Waals surface area contributed by atoms with E-state index >= 15 is 0 Å². The zero-order valence-corrected chi connectivity index (χ0v) is 18.3. The minimum Gasteiger partial charge on any atom is -0.388 e. The van der Waals surface area contributed by atoms with Crippen molar-refractivity contribution < 1.29 is 19.7 Å². The van der Waals surface area contributed by atoms with E-state index in [2.05, 4.69) is 5.32 Å². The molecule has 2 atom stereocenters. The van der Waals surface area contributed by atoms with Crippen LogP contribution in [-0.4, -0.2) is 71.1 Å². The summed E-state index contributed by atoms with van der Waals surface area (Å²) >= 11 is 5.98. The number of rotatable bonds is 3. The first kappa shape index (κ1) is 22.8. The summed E-state index contributed by atoms with van der Waals surface area (Å²) in [6.45, 7) is 4.42. The van der Waals surface area contributed by atoms with Gasteiger partial charge < -0.3 is 25.2 Å². The van der Waals surface area contributed by atoms with Crippen LogP contribution in [0.5, 0.6) is 0 Å². The average Bonchev–Trinajstić information content (AvgIpc) is 2.63. The van der Waals surface area contributed by atoms with Gasteiger partial charge >= 0.3 is 0 Å². The van der Waals surface area contributed by atoms with Crippen LogP contribution in [0.1, 0.15) is 31.7 Å². The van der Waals surface area contributed by atoms with Crippen molar-refractivity contribution in [1.29, 1.82) is 0 Å². The monoisotopic (exact) mass is 444 g/mol. The number of piperidine rings is 1. The minimum absolute atomic E-state index is 0. The molecular weight excluding hydrogens is 415 g/mol. The Morgan fingerprint density at radius 1 is 1.28 bits per heavy atom. The molecule has 3 heterocycles. The van der Waals surface area contributed by atoms with E-state index in [1.807, 2.05) is 29.2 Å². The van der Waals surface area contributed by atoms with Crippen molar-refractivity contribution in [3.8, 4) is 0 Å². The Kier molecular flexibility index (Phi) is 6.54. The number of amides is 1. The first-order chi connectivity index (χ1) is 13.2. The van der Waals surface area contributed by atoms with E-state index < -0.39 is 22.7 Å². The third-order valence-electron chi connectivity index (χ3n) is 6.74. The number of carbonyl (C=O) groups excluding carboxylic acids is 1. The van der Waals surface area contributed by atoms with Gasteiger partial charge in [-0.3, -0.25) is 4.79 Å². The molecule has 0 unspecified atom stereocenters. The summed E-state index contributed by atoms with van der Waals surface area (Å²) < 4.78 is 5.94. The van der Waals surface area contributed by atoms with Crippen LogP contribution in [0.15, 0.2) is 24.3 Å². The Hall–Kier alpha value is -0.890. The molecule has 3 aliphatic heterocycles. The number of hydrogen-bond acceptors (Lipinski definition) is 5. The van der Waals surface area contributed by atoms with E-state index in [-0.39, 0.29) is 24.9 Å². The summed E-state index contributed by atoms with van der Waals surface area (Å²) in [6, 6.07) is 7.72. The van der Waals surface area contributed by atoms with Crippen LogP contribution in [0, 0.1) is 5.41 Å². The van der Waals surface area contributed by atoms with Crippen LogP contribution in [-0.2, 0) is 16.0 Å². The van der Waals surface area contributed by atoms with Crippen molar-refractivity contribution in [1.82, 2.24) is 10.2 Å². The average molecular weight is 445 g/mol. The molecule has 29 heavy (non-hydrogen) atoms. The number of ether oxygens (including phenoxy) is 1. The third kappa shape index (κ3) is 4.43. The van der Waals surface area contributed by atoms with Crippen LogP contribution in [0.2, 0.25) is 5.02 Å². The maximum atomic E-state index is 13.4. The van der Waals surface area contributed by atoms with E-state index in [9.17, 15) is 15.0 Å². The van der Waals surface area contributed by atoms with Crippen LogP contribution in [0.3, 0.4) is 0 Å². The number of carbonyl (C=O) groups is 1. The largest absolute Gasteiger partial charge is 0.388 e. The smallest absolute Gasteiger partial charge is 0.231 e. The maximum Gasteiger partial charge on any atom is 0.231 e. The number of likely N-dealkylation sites (tertiary alicyclic amines) is 1. The molecule has 0 aromatic heterocycles. The zero-order valence-electron chi connectivity index (χ0n) is 16.7. The highest BCUT2D eigenvalue weighted by Gasteiger charge is 2.51. The van der Waals surface area contributed by atoms with E-state index in [1.165, 1.54) is 0 Å². The molecule has 8 heteroatoms. The van der Waals surface area contributed by atoms with Crippen molar-refractivity contribution in [3.05, 3.63) is 34.9 Å². The normalized spacial score (nSPS) is 30.3. The molecule has 0 aliphatic carbocycles. The molecule has 3 fully saturated rings. The molecule has 4 rings (SSSR count). The topological polar surface area (TPSA) is 82.0 Å². The first-order valence-electron chi connectivity index (χ1n) is 10.0. The number of aliphatic hydroxyl groups excluding tert-OH is 1. The fourth-order valence-corrected chi connectivity index (χ4v) is 4.93. The van der Waals surface area contributed by atoms with Crippen molar-refractivity contribution in [3.63, 3.8) is 0 Å². The number of aliphatic hydroxyl groups is 2. The second kappa shape index (κ2) is 8.33. The lowest BCUT2D eigenvalue weighted by Crippen LogP contribution is -2.65. The highest BCUT2D eigenvalue weighted by Crippen LogP contribution is 2.41. The molecule has 1 aromatic rings. The molecular formula is C21H30Cl2N2O4. The van der Waals surface area contributed by atoms with Gasteiger partial charge in [-0.1, -0.05) is 23.7 Å². The first-order valence-corrected chi connectivity index (χ1v) is 10.4. The van der Waals surface area contributed by atoms with E-state index in [0.29, 0.717) is 56.9 Å². The van der Waals surface area contributed by atoms with Gasteiger partial charge in [-0.15, -0.1) is 12.4 Å². The Balaban J connectivity index is 0.00000240. The molecule has 3 N–H and O–H groups in total. The van der Waals surface area contributed by atoms with Gasteiger partial charge in [-0.25, -0.2) is 0 Å². The predicted molar refractivity (Wildman–Crippen MR) is 113 cm³/mol. The predicted octanol–water partition coefficient (Wildman–Crippen LogP) is 1.79. The molecule has 1 amide bonds. The molecule has 0 saturated carbocycles. The van der Waals surface area contributed by atoms with Crippen LogP contribution >= 0.6 is 24.0 Å². The number of nitrogens with one attached hydrogen (secondary N) is 1. The van der Waals surface area contributed by atoms with Gasteiger partial charge in [0, 0.05) is 37.6 Å². The van der Waals surface area contributed by atoms with Crippen LogP contribution < -0.4 is 5.32 Å². The second-order valence-electron chi connectivity index (χ2n) is 9.02. The molecule has 6 nitrogen and oxygen atoms in total. The highest BCUT2D eigenvalue weighted by molar-refractivity contribution is 6.30.